The minimum Gasteiger partial charge on any atom is -0.508 e. The Kier molecular flexibility index (Phi) is 3.14. The van der Waals surface area contributed by atoms with E-state index in [1.54, 1.807) is 6.07 Å². The normalized spacial score (nSPS) is 10.9. The highest BCUT2D eigenvalue weighted by atomic mass is 19.1. The van der Waals surface area contributed by atoms with Crippen LogP contribution >= 0.6 is 0 Å². The van der Waals surface area contributed by atoms with Crippen LogP contribution in [-0.4, -0.2) is 15.1 Å². The Bertz CT molecular complexity index is 564. The largest absolute Gasteiger partial charge is 0.508 e. The molecule has 0 spiro atoms. The van der Waals surface area contributed by atoms with Gasteiger partial charge in [0.2, 0.25) is 0 Å². The molecule has 0 aliphatic rings. The lowest BCUT2D eigenvalue weighted by molar-refractivity contribution is 0.469. The van der Waals surface area contributed by atoms with Crippen molar-refractivity contribution in [3.63, 3.8) is 0 Å². The maximum Gasteiger partial charge on any atom is 0.161 e. The Morgan fingerprint density at radius 3 is 2.50 bits per heavy atom. The van der Waals surface area contributed by atoms with E-state index >= 15 is 0 Å². The molecular formula is C13H14FN3O. The van der Waals surface area contributed by atoms with Crippen LogP contribution in [0.5, 0.6) is 5.75 Å². The van der Waals surface area contributed by atoms with Crippen LogP contribution in [0.3, 0.4) is 0 Å². The summed E-state index contributed by atoms with van der Waals surface area (Å²) in [7, 11) is 0. The molecule has 0 amide bonds. The Labute approximate surface area is 104 Å². The minimum absolute atomic E-state index is 0.165. The van der Waals surface area contributed by atoms with Gasteiger partial charge >= 0.3 is 0 Å². The first-order chi connectivity index (χ1) is 8.45. The predicted molar refractivity (Wildman–Crippen MR) is 67.6 cm³/mol. The van der Waals surface area contributed by atoms with E-state index in [0.717, 1.165) is 11.8 Å². The molecule has 1 aromatic heterocycles. The molecule has 0 aliphatic heterocycles. The van der Waals surface area contributed by atoms with Crippen LogP contribution in [-0.2, 0) is 0 Å². The fourth-order valence-electron chi connectivity index (χ4n) is 1.61. The SMILES string of the molecule is CC(C)c1cc(N)nc(-c2cc(O)cc(F)c2)n1. The second kappa shape index (κ2) is 4.60. The van der Waals surface area contributed by atoms with Crippen molar-refractivity contribution in [1.29, 1.82) is 0 Å². The van der Waals surface area contributed by atoms with E-state index < -0.39 is 5.82 Å². The summed E-state index contributed by atoms with van der Waals surface area (Å²) in [5.74, 6) is 0.126. The van der Waals surface area contributed by atoms with Crippen LogP contribution in [0.2, 0.25) is 0 Å². The van der Waals surface area contributed by atoms with Gasteiger partial charge in [0, 0.05) is 23.4 Å². The molecule has 2 aromatic rings. The summed E-state index contributed by atoms with van der Waals surface area (Å²) in [6, 6.07) is 5.38. The average molecular weight is 247 g/mol. The van der Waals surface area contributed by atoms with E-state index in [-0.39, 0.29) is 11.7 Å². The van der Waals surface area contributed by atoms with Gasteiger partial charge in [-0.3, -0.25) is 0 Å². The van der Waals surface area contributed by atoms with Crippen LogP contribution in [0.15, 0.2) is 24.3 Å². The molecule has 0 bridgehead atoms. The van der Waals surface area contributed by atoms with Gasteiger partial charge in [-0.2, -0.15) is 0 Å². The van der Waals surface area contributed by atoms with Gasteiger partial charge in [-0.1, -0.05) is 13.8 Å². The number of aromatic nitrogens is 2. The summed E-state index contributed by atoms with van der Waals surface area (Å²) in [6.45, 7) is 3.96. The second-order valence-electron chi connectivity index (χ2n) is 4.39. The van der Waals surface area contributed by atoms with Crippen molar-refractivity contribution in [2.24, 2.45) is 0 Å². The average Bonchev–Trinajstić information content (AvgIpc) is 2.26. The molecule has 94 valence electrons. The summed E-state index contributed by atoms with van der Waals surface area (Å²) < 4.78 is 13.2. The number of hydrogen-bond acceptors (Lipinski definition) is 4. The predicted octanol–water partition coefficient (Wildman–Crippen LogP) is 2.69. The third-order valence-corrected chi connectivity index (χ3v) is 2.50. The number of benzene rings is 1. The molecule has 0 radical (unpaired) electrons. The molecule has 0 fully saturated rings. The number of nitrogens with zero attached hydrogens (tertiary/aromatic N) is 2. The lowest BCUT2D eigenvalue weighted by atomic mass is 10.1. The van der Waals surface area contributed by atoms with E-state index in [4.69, 9.17) is 5.73 Å². The molecule has 18 heavy (non-hydrogen) atoms. The molecule has 5 heteroatoms. The lowest BCUT2D eigenvalue weighted by Gasteiger charge is -2.08. The van der Waals surface area contributed by atoms with E-state index in [9.17, 15) is 9.50 Å². The molecule has 3 N–H and O–H groups in total. The maximum absolute atomic E-state index is 13.2. The van der Waals surface area contributed by atoms with Crippen molar-refractivity contribution in [1.82, 2.24) is 9.97 Å². The Balaban J connectivity index is 2.56. The molecule has 1 heterocycles. The standard InChI is InChI=1S/C13H14FN3O/c1-7(2)11-6-12(15)17-13(16-11)8-3-9(14)5-10(18)4-8/h3-7,18H,1-2H3,(H2,15,16,17). The lowest BCUT2D eigenvalue weighted by Crippen LogP contribution is -2.01. The van der Waals surface area contributed by atoms with Crippen molar-refractivity contribution < 1.29 is 9.50 Å². The van der Waals surface area contributed by atoms with Crippen molar-refractivity contribution in [2.45, 2.75) is 19.8 Å². The fraction of sp³-hybridized carbons (Fsp3) is 0.231. The van der Waals surface area contributed by atoms with Gasteiger partial charge in [-0.05, 0) is 18.1 Å². The molecule has 0 unspecified atom stereocenters. The van der Waals surface area contributed by atoms with Crippen LogP contribution < -0.4 is 5.73 Å². The van der Waals surface area contributed by atoms with Gasteiger partial charge in [-0.15, -0.1) is 0 Å². The third kappa shape index (κ3) is 2.56. The zero-order valence-corrected chi connectivity index (χ0v) is 10.2. The number of rotatable bonds is 2. The first kappa shape index (κ1) is 12.3. The molecule has 1 aromatic carbocycles. The van der Waals surface area contributed by atoms with Crippen molar-refractivity contribution in [2.75, 3.05) is 5.73 Å². The monoisotopic (exact) mass is 247 g/mol. The fourth-order valence-corrected chi connectivity index (χ4v) is 1.61. The molecule has 0 saturated carbocycles. The number of phenolic OH excluding ortho intramolecular Hbond substituents is 1. The summed E-state index contributed by atoms with van der Waals surface area (Å²) in [4.78, 5) is 8.37. The van der Waals surface area contributed by atoms with E-state index in [0.29, 0.717) is 17.2 Å². The first-order valence-electron chi connectivity index (χ1n) is 5.60. The van der Waals surface area contributed by atoms with Gasteiger partial charge in [0.15, 0.2) is 5.82 Å². The van der Waals surface area contributed by atoms with Crippen LogP contribution in [0.1, 0.15) is 25.5 Å². The first-order valence-corrected chi connectivity index (χ1v) is 5.60. The zero-order valence-electron chi connectivity index (χ0n) is 10.2. The molecule has 4 nitrogen and oxygen atoms in total. The summed E-state index contributed by atoms with van der Waals surface area (Å²) >= 11 is 0. The number of anilines is 1. The maximum atomic E-state index is 13.2. The van der Waals surface area contributed by atoms with Gasteiger partial charge in [0.25, 0.3) is 0 Å². The summed E-state index contributed by atoms with van der Waals surface area (Å²) in [5, 5.41) is 9.38. The van der Waals surface area contributed by atoms with Gasteiger partial charge in [-0.25, -0.2) is 14.4 Å². The Morgan fingerprint density at radius 2 is 1.89 bits per heavy atom. The Morgan fingerprint density at radius 1 is 1.17 bits per heavy atom. The van der Waals surface area contributed by atoms with Gasteiger partial charge < -0.3 is 10.8 Å². The molecule has 0 saturated heterocycles. The van der Waals surface area contributed by atoms with E-state index in [1.807, 2.05) is 13.8 Å². The summed E-state index contributed by atoms with van der Waals surface area (Å²) in [6.07, 6.45) is 0. The van der Waals surface area contributed by atoms with Gasteiger partial charge in [0.1, 0.15) is 17.4 Å². The molecule has 2 rings (SSSR count). The number of halogens is 1. The van der Waals surface area contributed by atoms with Gasteiger partial charge in [0.05, 0.1) is 0 Å². The van der Waals surface area contributed by atoms with Crippen molar-refractivity contribution >= 4 is 5.82 Å². The molecule has 0 atom stereocenters. The minimum atomic E-state index is -0.540. The number of hydrogen-bond donors (Lipinski definition) is 2. The van der Waals surface area contributed by atoms with Crippen molar-refractivity contribution in [3.05, 3.63) is 35.8 Å². The highest BCUT2D eigenvalue weighted by Crippen LogP contribution is 2.24. The van der Waals surface area contributed by atoms with Crippen LogP contribution in [0, 0.1) is 5.82 Å². The third-order valence-electron chi connectivity index (χ3n) is 2.50. The Hall–Kier alpha value is -2.17. The molecular weight excluding hydrogens is 233 g/mol. The van der Waals surface area contributed by atoms with E-state index in [2.05, 4.69) is 9.97 Å². The quantitative estimate of drug-likeness (QED) is 0.855. The smallest absolute Gasteiger partial charge is 0.161 e. The highest BCUT2D eigenvalue weighted by Gasteiger charge is 2.10. The van der Waals surface area contributed by atoms with Crippen molar-refractivity contribution in [3.8, 4) is 17.1 Å². The number of aromatic hydroxyl groups is 1. The number of nitrogens with two attached hydrogens (primary N) is 1. The number of phenols is 1. The van der Waals surface area contributed by atoms with E-state index in [1.165, 1.54) is 12.1 Å². The van der Waals surface area contributed by atoms with Crippen LogP contribution in [0.25, 0.3) is 11.4 Å². The summed E-state index contributed by atoms with van der Waals surface area (Å²) in [5.41, 5.74) is 6.89. The second-order valence-corrected chi connectivity index (χ2v) is 4.39. The topological polar surface area (TPSA) is 72.0 Å². The molecule has 0 aliphatic carbocycles. The number of nitrogen functional groups attached to an aromatic ring is 1. The van der Waals surface area contributed by atoms with Crippen LogP contribution in [0.4, 0.5) is 10.2 Å². The highest BCUT2D eigenvalue weighted by molar-refractivity contribution is 5.59. The zero-order chi connectivity index (χ0) is 13.3.